The Morgan fingerprint density at radius 1 is 1.20 bits per heavy atom. The van der Waals surface area contributed by atoms with Gasteiger partial charge in [0.15, 0.2) is 0 Å². The molecule has 0 fully saturated rings. The largest absolute Gasteiger partial charge is 0.317 e. The molecule has 0 aliphatic rings. The van der Waals surface area contributed by atoms with Crippen molar-refractivity contribution >= 4 is 46.4 Å². The Bertz CT molecular complexity index is 372. The normalized spacial score (nSPS) is 11.3. The Morgan fingerprint density at radius 2 is 1.67 bits per heavy atom. The molecule has 1 aromatic carbocycles. The molecule has 0 saturated carbocycles. The van der Waals surface area contributed by atoms with Crippen molar-refractivity contribution in [1.29, 1.82) is 0 Å². The molecule has 7 heteroatoms. The third-order valence-electron chi connectivity index (χ3n) is 1.46. The number of hydrogen-bond donors (Lipinski definition) is 1. The maximum absolute atomic E-state index is 13.0. The van der Waals surface area contributed by atoms with E-state index in [-0.39, 0.29) is 0 Å². The SMILES string of the molecule is O=C(Nc1c(F)cccc1F)C(Cl)(Cl)Cl. The summed E-state index contributed by atoms with van der Waals surface area (Å²) in [7, 11) is 0. The van der Waals surface area contributed by atoms with Gasteiger partial charge in [-0.3, -0.25) is 4.79 Å². The van der Waals surface area contributed by atoms with E-state index in [1.54, 1.807) is 0 Å². The molecule has 15 heavy (non-hydrogen) atoms. The predicted octanol–water partition coefficient (Wildman–Crippen LogP) is 3.27. The molecule has 0 unspecified atom stereocenters. The van der Waals surface area contributed by atoms with Crippen molar-refractivity contribution in [3.63, 3.8) is 0 Å². The summed E-state index contributed by atoms with van der Waals surface area (Å²) in [6.45, 7) is 0. The highest BCUT2D eigenvalue weighted by molar-refractivity contribution is 6.76. The summed E-state index contributed by atoms with van der Waals surface area (Å²) in [4.78, 5) is 11.1. The number of anilines is 1. The third-order valence-corrected chi connectivity index (χ3v) is 1.97. The second-order valence-electron chi connectivity index (χ2n) is 2.55. The standard InChI is InChI=1S/C8H4Cl3F2NO/c9-8(10,11)7(15)14-6-4(12)2-1-3-5(6)13/h1-3H,(H,14,15). The molecule has 0 spiro atoms. The molecule has 0 saturated heterocycles. The van der Waals surface area contributed by atoms with E-state index in [0.717, 1.165) is 18.2 Å². The summed E-state index contributed by atoms with van der Waals surface area (Å²) in [5.41, 5.74) is -0.645. The molecule has 2 nitrogen and oxygen atoms in total. The summed E-state index contributed by atoms with van der Waals surface area (Å²) in [6, 6.07) is 3.09. The lowest BCUT2D eigenvalue weighted by Gasteiger charge is -2.12. The Kier molecular flexibility index (Phi) is 3.76. The van der Waals surface area contributed by atoms with Crippen LogP contribution in [0.4, 0.5) is 14.5 Å². The second-order valence-corrected chi connectivity index (χ2v) is 4.83. The highest BCUT2D eigenvalue weighted by Gasteiger charge is 2.31. The molecule has 0 aromatic heterocycles. The van der Waals surface area contributed by atoms with E-state index in [0.29, 0.717) is 0 Å². The number of carbonyl (C=O) groups excluding carboxylic acids is 1. The van der Waals surface area contributed by atoms with Crippen LogP contribution in [0, 0.1) is 11.6 Å². The quantitative estimate of drug-likeness (QED) is 0.782. The monoisotopic (exact) mass is 273 g/mol. The number of para-hydroxylation sites is 1. The van der Waals surface area contributed by atoms with Crippen LogP contribution in [0.3, 0.4) is 0 Å². The number of carbonyl (C=O) groups is 1. The van der Waals surface area contributed by atoms with Gasteiger partial charge in [0, 0.05) is 0 Å². The van der Waals surface area contributed by atoms with Gasteiger partial charge in [-0.2, -0.15) is 0 Å². The first kappa shape index (κ1) is 12.5. The lowest BCUT2D eigenvalue weighted by Crippen LogP contribution is -2.27. The smallest absolute Gasteiger partial charge is 0.276 e. The Morgan fingerprint density at radius 3 is 2.07 bits per heavy atom. The number of benzene rings is 1. The fourth-order valence-electron chi connectivity index (χ4n) is 0.802. The number of amides is 1. The van der Waals surface area contributed by atoms with Crippen LogP contribution < -0.4 is 5.32 Å². The average Bonchev–Trinajstić information content (AvgIpc) is 2.09. The van der Waals surface area contributed by atoms with Gasteiger partial charge in [-0.15, -0.1) is 0 Å². The van der Waals surface area contributed by atoms with E-state index in [4.69, 9.17) is 34.8 Å². The van der Waals surface area contributed by atoms with E-state index < -0.39 is 27.0 Å². The van der Waals surface area contributed by atoms with Gasteiger partial charge >= 0.3 is 0 Å². The van der Waals surface area contributed by atoms with Crippen molar-refractivity contribution < 1.29 is 13.6 Å². The minimum Gasteiger partial charge on any atom is -0.317 e. The number of alkyl halides is 3. The van der Waals surface area contributed by atoms with Crippen molar-refractivity contribution in [3.05, 3.63) is 29.8 Å². The average molecular weight is 274 g/mol. The molecule has 0 bridgehead atoms. The number of nitrogens with one attached hydrogen (secondary N) is 1. The lowest BCUT2D eigenvalue weighted by molar-refractivity contribution is -0.115. The van der Waals surface area contributed by atoms with E-state index in [9.17, 15) is 13.6 Å². The minimum absolute atomic E-state index is 0.645. The molecule has 1 rings (SSSR count). The van der Waals surface area contributed by atoms with Gasteiger partial charge in [0.25, 0.3) is 9.70 Å². The van der Waals surface area contributed by atoms with Crippen LogP contribution in [0.15, 0.2) is 18.2 Å². The molecule has 0 aliphatic heterocycles. The van der Waals surface area contributed by atoms with Gasteiger partial charge in [0.05, 0.1) is 0 Å². The number of halogens is 5. The summed E-state index contributed by atoms with van der Waals surface area (Å²) in [5.74, 6) is -3.02. The molecule has 0 atom stereocenters. The van der Waals surface area contributed by atoms with Crippen LogP contribution in [-0.4, -0.2) is 9.70 Å². The van der Waals surface area contributed by atoms with E-state index in [2.05, 4.69) is 0 Å². The molecular weight excluding hydrogens is 270 g/mol. The van der Waals surface area contributed by atoms with Crippen LogP contribution in [0.5, 0.6) is 0 Å². The molecule has 1 amide bonds. The van der Waals surface area contributed by atoms with Gasteiger partial charge in [-0.1, -0.05) is 40.9 Å². The molecule has 82 valence electrons. The van der Waals surface area contributed by atoms with Gasteiger partial charge in [-0.05, 0) is 12.1 Å². The number of hydrogen-bond acceptors (Lipinski definition) is 1. The van der Waals surface area contributed by atoms with Crippen LogP contribution in [-0.2, 0) is 4.79 Å². The Labute approximate surface area is 99.1 Å². The Balaban J connectivity index is 2.95. The first-order valence-electron chi connectivity index (χ1n) is 3.64. The van der Waals surface area contributed by atoms with Crippen LogP contribution in [0.1, 0.15) is 0 Å². The zero-order valence-electron chi connectivity index (χ0n) is 7.03. The fourth-order valence-corrected chi connectivity index (χ4v) is 0.943. The molecule has 1 N–H and O–H groups in total. The minimum atomic E-state index is -2.27. The summed E-state index contributed by atoms with van der Waals surface area (Å²) in [5, 5.41) is 1.83. The molecule has 0 heterocycles. The van der Waals surface area contributed by atoms with Crippen molar-refractivity contribution in [3.8, 4) is 0 Å². The van der Waals surface area contributed by atoms with Crippen molar-refractivity contribution in [2.75, 3.05) is 5.32 Å². The first-order chi connectivity index (χ1) is 6.82. The second kappa shape index (κ2) is 4.51. The summed E-state index contributed by atoms with van der Waals surface area (Å²) in [6.07, 6.45) is 0. The van der Waals surface area contributed by atoms with Crippen LogP contribution in [0.2, 0.25) is 0 Å². The first-order valence-corrected chi connectivity index (χ1v) is 4.78. The van der Waals surface area contributed by atoms with E-state index >= 15 is 0 Å². The predicted molar refractivity (Wildman–Crippen MR) is 55.3 cm³/mol. The summed E-state index contributed by atoms with van der Waals surface area (Å²) >= 11 is 15.6. The summed E-state index contributed by atoms with van der Waals surface area (Å²) < 4.78 is 23.8. The van der Waals surface area contributed by atoms with Gasteiger partial charge in [-0.25, -0.2) is 8.78 Å². The zero-order chi connectivity index (χ0) is 11.6. The van der Waals surface area contributed by atoms with Gasteiger partial charge in [0.1, 0.15) is 17.3 Å². The maximum atomic E-state index is 13.0. The lowest BCUT2D eigenvalue weighted by atomic mass is 10.3. The van der Waals surface area contributed by atoms with Crippen LogP contribution in [0.25, 0.3) is 0 Å². The van der Waals surface area contributed by atoms with Gasteiger partial charge < -0.3 is 5.32 Å². The molecule has 0 radical (unpaired) electrons. The number of rotatable bonds is 1. The fraction of sp³-hybridized carbons (Fsp3) is 0.125. The molecule has 1 aromatic rings. The van der Waals surface area contributed by atoms with Crippen molar-refractivity contribution in [2.24, 2.45) is 0 Å². The van der Waals surface area contributed by atoms with Crippen molar-refractivity contribution in [1.82, 2.24) is 0 Å². The van der Waals surface area contributed by atoms with Gasteiger partial charge in [0.2, 0.25) is 0 Å². The zero-order valence-corrected chi connectivity index (χ0v) is 9.30. The highest BCUT2D eigenvalue weighted by atomic mass is 35.6. The van der Waals surface area contributed by atoms with Crippen molar-refractivity contribution in [2.45, 2.75) is 3.79 Å². The van der Waals surface area contributed by atoms with E-state index in [1.807, 2.05) is 5.32 Å². The maximum Gasteiger partial charge on any atom is 0.276 e. The van der Waals surface area contributed by atoms with E-state index in [1.165, 1.54) is 0 Å². The highest BCUT2D eigenvalue weighted by Crippen LogP contribution is 2.28. The molecular formula is C8H4Cl3F2NO. The Hall–Kier alpha value is -0.580. The van der Waals surface area contributed by atoms with Crippen LogP contribution >= 0.6 is 34.8 Å². The third kappa shape index (κ3) is 3.19. The topological polar surface area (TPSA) is 29.1 Å². The molecule has 0 aliphatic carbocycles.